The second-order valence-corrected chi connectivity index (χ2v) is 5.56. The van der Waals surface area contributed by atoms with Crippen molar-refractivity contribution in [3.63, 3.8) is 0 Å². The van der Waals surface area contributed by atoms with Crippen LogP contribution in [0.15, 0.2) is 24.3 Å². The van der Waals surface area contributed by atoms with Gasteiger partial charge in [-0.2, -0.15) is 0 Å². The number of nitrogens with zero attached hydrogens (tertiary/aromatic N) is 2. The average molecular weight is 263 g/mol. The molecule has 106 valence electrons. The van der Waals surface area contributed by atoms with Gasteiger partial charge in [-0.3, -0.25) is 4.90 Å². The molecule has 2 atom stereocenters. The zero-order valence-electron chi connectivity index (χ0n) is 12.2. The first kappa shape index (κ1) is 14.3. The number of methoxy groups -OCH3 is 1. The number of hydrogen-bond acceptors (Lipinski definition) is 4. The normalized spacial score (nSPS) is 21.8. The smallest absolute Gasteiger partial charge is 0.118 e. The molecule has 1 aromatic carbocycles. The minimum Gasteiger partial charge on any atom is -0.497 e. The lowest BCUT2D eigenvalue weighted by molar-refractivity contribution is 0.208. The molecule has 2 unspecified atom stereocenters. The first-order chi connectivity index (χ1) is 9.10. The molecule has 1 aliphatic rings. The summed E-state index contributed by atoms with van der Waals surface area (Å²) in [5, 5.41) is 0. The summed E-state index contributed by atoms with van der Waals surface area (Å²) in [5.74, 6) is 0.907. The van der Waals surface area contributed by atoms with Crippen molar-refractivity contribution in [3.8, 4) is 5.75 Å². The lowest BCUT2D eigenvalue weighted by Gasteiger charge is -2.29. The van der Waals surface area contributed by atoms with E-state index in [0.717, 1.165) is 31.8 Å². The van der Waals surface area contributed by atoms with Crippen LogP contribution in [-0.2, 0) is 0 Å². The Morgan fingerprint density at radius 2 is 2.05 bits per heavy atom. The van der Waals surface area contributed by atoms with Gasteiger partial charge in [0.05, 0.1) is 7.11 Å². The molecule has 1 saturated heterocycles. The first-order valence-electron chi connectivity index (χ1n) is 6.88. The highest BCUT2D eigenvalue weighted by molar-refractivity contribution is 5.29. The van der Waals surface area contributed by atoms with Crippen LogP contribution in [0, 0.1) is 0 Å². The lowest BCUT2D eigenvalue weighted by Crippen LogP contribution is -2.35. The number of likely N-dealkylation sites (tertiary alicyclic amines) is 1. The minimum absolute atomic E-state index is 0.346. The average Bonchev–Trinajstić information content (AvgIpc) is 2.81. The molecule has 1 aliphatic heterocycles. The van der Waals surface area contributed by atoms with E-state index in [1.165, 1.54) is 5.56 Å². The highest BCUT2D eigenvalue weighted by Gasteiger charge is 2.24. The summed E-state index contributed by atoms with van der Waals surface area (Å²) in [7, 11) is 5.96. The Bertz CT molecular complexity index is 391. The molecular weight excluding hydrogens is 238 g/mol. The molecular formula is C15H25N3O. The van der Waals surface area contributed by atoms with Crippen molar-refractivity contribution < 1.29 is 4.74 Å². The Balaban J connectivity index is 2.06. The van der Waals surface area contributed by atoms with Gasteiger partial charge in [-0.05, 0) is 44.8 Å². The summed E-state index contributed by atoms with van der Waals surface area (Å²) in [6.07, 6.45) is 1.11. The van der Waals surface area contributed by atoms with Crippen molar-refractivity contribution in [3.05, 3.63) is 29.8 Å². The van der Waals surface area contributed by atoms with Gasteiger partial charge in [0.25, 0.3) is 0 Å². The highest BCUT2D eigenvalue weighted by Crippen LogP contribution is 2.23. The van der Waals surface area contributed by atoms with Crippen molar-refractivity contribution in [2.75, 3.05) is 40.8 Å². The van der Waals surface area contributed by atoms with Crippen molar-refractivity contribution in [2.45, 2.75) is 18.5 Å². The van der Waals surface area contributed by atoms with Crippen LogP contribution in [0.4, 0.5) is 0 Å². The fourth-order valence-corrected chi connectivity index (χ4v) is 2.67. The largest absolute Gasteiger partial charge is 0.497 e. The van der Waals surface area contributed by atoms with Crippen LogP contribution in [-0.4, -0.2) is 56.7 Å². The Morgan fingerprint density at radius 3 is 2.53 bits per heavy atom. The topological polar surface area (TPSA) is 41.7 Å². The van der Waals surface area contributed by atoms with E-state index in [1.54, 1.807) is 7.11 Å². The van der Waals surface area contributed by atoms with Crippen LogP contribution in [0.5, 0.6) is 5.75 Å². The van der Waals surface area contributed by atoms with E-state index in [1.807, 2.05) is 12.1 Å². The molecule has 0 aliphatic carbocycles. The maximum atomic E-state index is 5.98. The summed E-state index contributed by atoms with van der Waals surface area (Å²) in [5.41, 5.74) is 7.31. The Kier molecular flexibility index (Phi) is 4.80. The van der Waals surface area contributed by atoms with Crippen molar-refractivity contribution in [1.29, 1.82) is 0 Å². The molecule has 4 nitrogen and oxygen atoms in total. The van der Waals surface area contributed by atoms with E-state index in [0.29, 0.717) is 12.1 Å². The van der Waals surface area contributed by atoms with E-state index in [9.17, 15) is 0 Å². The highest BCUT2D eigenvalue weighted by atomic mass is 16.5. The van der Waals surface area contributed by atoms with Crippen LogP contribution in [0.3, 0.4) is 0 Å². The number of hydrogen-bond donors (Lipinski definition) is 1. The SMILES string of the molecule is COc1ccc(C(CN2CCC(N)C2)N(C)C)cc1. The molecule has 2 N–H and O–H groups in total. The summed E-state index contributed by atoms with van der Waals surface area (Å²) < 4.78 is 5.22. The third-order valence-corrected chi connectivity index (χ3v) is 3.86. The van der Waals surface area contributed by atoms with Gasteiger partial charge < -0.3 is 15.4 Å². The predicted octanol–water partition coefficient (Wildman–Crippen LogP) is 1.33. The molecule has 0 bridgehead atoms. The first-order valence-corrected chi connectivity index (χ1v) is 6.88. The van der Waals surface area contributed by atoms with E-state index < -0.39 is 0 Å². The summed E-state index contributed by atoms with van der Waals surface area (Å²) in [6.45, 7) is 3.16. The fourth-order valence-electron chi connectivity index (χ4n) is 2.67. The molecule has 19 heavy (non-hydrogen) atoms. The summed E-state index contributed by atoms with van der Waals surface area (Å²) in [4.78, 5) is 4.73. The molecule has 0 radical (unpaired) electrons. The van der Waals surface area contributed by atoms with Crippen LogP contribution < -0.4 is 10.5 Å². The van der Waals surface area contributed by atoms with Gasteiger partial charge in [-0.15, -0.1) is 0 Å². The molecule has 0 aromatic heterocycles. The predicted molar refractivity (Wildman–Crippen MR) is 78.5 cm³/mol. The zero-order valence-corrected chi connectivity index (χ0v) is 12.2. The molecule has 1 fully saturated rings. The van der Waals surface area contributed by atoms with Crippen molar-refractivity contribution in [2.24, 2.45) is 5.73 Å². The van der Waals surface area contributed by atoms with Gasteiger partial charge in [0.1, 0.15) is 5.75 Å². The second kappa shape index (κ2) is 6.37. The number of benzene rings is 1. The fraction of sp³-hybridized carbons (Fsp3) is 0.600. The van der Waals surface area contributed by atoms with E-state index in [4.69, 9.17) is 10.5 Å². The molecule has 0 spiro atoms. The van der Waals surface area contributed by atoms with Crippen LogP contribution >= 0.6 is 0 Å². The maximum Gasteiger partial charge on any atom is 0.118 e. The van der Waals surface area contributed by atoms with E-state index >= 15 is 0 Å². The van der Waals surface area contributed by atoms with Gasteiger partial charge in [0.15, 0.2) is 0 Å². The molecule has 2 rings (SSSR count). The van der Waals surface area contributed by atoms with E-state index in [2.05, 4.69) is 36.0 Å². The van der Waals surface area contributed by atoms with Gasteiger partial charge in [-0.25, -0.2) is 0 Å². The number of likely N-dealkylation sites (N-methyl/N-ethyl adjacent to an activating group) is 1. The zero-order chi connectivity index (χ0) is 13.8. The number of rotatable bonds is 5. The Hall–Kier alpha value is -1.10. The minimum atomic E-state index is 0.346. The third kappa shape index (κ3) is 3.69. The molecule has 1 aromatic rings. The van der Waals surface area contributed by atoms with Crippen molar-refractivity contribution >= 4 is 0 Å². The Labute approximate surface area is 116 Å². The lowest BCUT2D eigenvalue weighted by atomic mass is 10.1. The summed E-state index contributed by atoms with van der Waals surface area (Å²) in [6, 6.07) is 9.11. The van der Waals surface area contributed by atoms with Gasteiger partial charge >= 0.3 is 0 Å². The number of ether oxygens (including phenoxy) is 1. The molecule has 0 amide bonds. The molecule has 1 heterocycles. The molecule has 0 saturated carbocycles. The van der Waals surface area contributed by atoms with Gasteiger partial charge in [0, 0.05) is 25.2 Å². The van der Waals surface area contributed by atoms with Crippen LogP contribution in [0.1, 0.15) is 18.0 Å². The van der Waals surface area contributed by atoms with E-state index in [-0.39, 0.29) is 0 Å². The third-order valence-electron chi connectivity index (χ3n) is 3.86. The van der Waals surface area contributed by atoms with Crippen LogP contribution in [0.2, 0.25) is 0 Å². The maximum absolute atomic E-state index is 5.98. The Morgan fingerprint density at radius 1 is 1.37 bits per heavy atom. The summed E-state index contributed by atoms with van der Waals surface area (Å²) >= 11 is 0. The van der Waals surface area contributed by atoms with Gasteiger partial charge in [-0.1, -0.05) is 12.1 Å². The quantitative estimate of drug-likeness (QED) is 0.870. The second-order valence-electron chi connectivity index (χ2n) is 5.56. The monoisotopic (exact) mass is 263 g/mol. The van der Waals surface area contributed by atoms with Crippen molar-refractivity contribution in [1.82, 2.24) is 9.80 Å². The number of nitrogens with two attached hydrogens (primary N) is 1. The van der Waals surface area contributed by atoms with Gasteiger partial charge in [0.2, 0.25) is 0 Å². The van der Waals surface area contributed by atoms with Crippen LogP contribution in [0.25, 0.3) is 0 Å². The standard InChI is InChI=1S/C15H25N3O/c1-17(2)15(11-18-9-8-13(16)10-18)12-4-6-14(19-3)7-5-12/h4-7,13,15H,8-11,16H2,1-3H3. The molecule has 4 heteroatoms.